The molecule has 0 amide bonds. The van der Waals surface area contributed by atoms with Crippen molar-refractivity contribution in [2.45, 2.75) is 30.8 Å². The zero-order chi connectivity index (χ0) is 19.8. The fraction of sp³-hybridized carbons (Fsp3) is 0.350. The molecule has 0 radical (unpaired) electrons. The second-order valence-corrected chi connectivity index (χ2v) is 7.88. The summed E-state index contributed by atoms with van der Waals surface area (Å²) in [6, 6.07) is 10.4. The standard InChI is InChI=1S/C20H20O7S/c21-9-11-7-15(18(23)19(24)17(11)22)26-12-4-3-10-6-13(16-2-1-5-28-16)20(25)27-14(10)8-12/h1-6,8,11,15,17-19,21-24H,7,9H2. The Bertz CT molecular complexity index is 1010. The molecule has 4 rings (SSSR count). The molecule has 7 nitrogen and oxygen atoms in total. The number of rotatable bonds is 4. The minimum Gasteiger partial charge on any atom is -0.487 e. The van der Waals surface area contributed by atoms with E-state index in [4.69, 9.17) is 9.15 Å². The SMILES string of the molecule is O=c1oc2cc(OC3CC(CO)C(O)C(O)C3O)ccc2cc1-c1cccs1. The fourth-order valence-corrected chi connectivity index (χ4v) is 4.25. The van der Waals surface area contributed by atoms with E-state index in [1.54, 1.807) is 24.3 Å². The van der Waals surface area contributed by atoms with Crippen molar-refractivity contribution in [1.82, 2.24) is 0 Å². The summed E-state index contributed by atoms with van der Waals surface area (Å²) in [6.45, 7) is -0.330. The van der Waals surface area contributed by atoms with Crippen molar-refractivity contribution in [2.24, 2.45) is 5.92 Å². The van der Waals surface area contributed by atoms with Crippen molar-refractivity contribution in [3.63, 3.8) is 0 Å². The molecular formula is C20H20O7S. The lowest BCUT2D eigenvalue weighted by molar-refractivity contribution is -0.156. The maximum atomic E-state index is 12.3. The predicted octanol–water partition coefficient (Wildman–Crippen LogP) is 1.36. The van der Waals surface area contributed by atoms with Crippen molar-refractivity contribution < 1.29 is 29.6 Å². The minimum atomic E-state index is -1.41. The molecule has 1 aromatic carbocycles. The summed E-state index contributed by atoms with van der Waals surface area (Å²) in [5.41, 5.74) is 0.373. The molecule has 8 heteroatoms. The van der Waals surface area contributed by atoms with Crippen molar-refractivity contribution in [1.29, 1.82) is 0 Å². The molecular weight excluding hydrogens is 384 g/mol. The Morgan fingerprint density at radius 2 is 1.93 bits per heavy atom. The number of aliphatic hydroxyl groups excluding tert-OH is 4. The van der Waals surface area contributed by atoms with Crippen LogP contribution in [-0.2, 0) is 0 Å². The number of aliphatic hydroxyl groups is 4. The van der Waals surface area contributed by atoms with E-state index in [1.807, 2.05) is 17.5 Å². The molecule has 1 aliphatic rings. The number of ether oxygens (including phenoxy) is 1. The summed E-state index contributed by atoms with van der Waals surface area (Å²) in [6.07, 6.45) is -4.57. The third kappa shape index (κ3) is 3.45. The van der Waals surface area contributed by atoms with Crippen LogP contribution in [-0.4, -0.2) is 51.4 Å². The van der Waals surface area contributed by atoms with Crippen LogP contribution in [0.4, 0.5) is 0 Å². The Hall–Kier alpha value is -2.23. The average Bonchev–Trinajstić information content (AvgIpc) is 3.22. The second-order valence-electron chi connectivity index (χ2n) is 6.93. The summed E-state index contributed by atoms with van der Waals surface area (Å²) in [7, 11) is 0. The van der Waals surface area contributed by atoms with Crippen LogP contribution in [0, 0.1) is 5.92 Å². The van der Waals surface area contributed by atoms with Gasteiger partial charge in [-0.15, -0.1) is 11.3 Å². The quantitative estimate of drug-likeness (QED) is 0.485. The average molecular weight is 404 g/mol. The monoisotopic (exact) mass is 404 g/mol. The Balaban J connectivity index is 1.61. The number of hydrogen-bond donors (Lipinski definition) is 4. The fourth-order valence-electron chi connectivity index (χ4n) is 3.52. The van der Waals surface area contributed by atoms with E-state index in [9.17, 15) is 25.2 Å². The van der Waals surface area contributed by atoms with Crippen LogP contribution in [0.25, 0.3) is 21.4 Å². The van der Waals surface area contributed by atoms with E-state index in [0.717, 1.165) is 10.3 Å². The second kappa shape index (κ2) is 7.65. The van der Waals surface area contributed by atoms with Crippen LogP contribution < -0.4 is 10.4 Å². The molecule has 0 aliphatic heterocycles. The van der Waals surface area contributed by atoms with Crippen LogP contribution in [0.2, 0.25) is 0 Å². The smallest absolute Gasteiger partial charge is 0.345 e. The van der Waals surface area contributed by atoms with Crippen LogP contribution in [0.5, 0.6) is 5.75 Å². The molecule has 4 N–H and O–H groups in total. The summed E-state index contributed by atoms with van der Waals surface area (Å²) >= 11 is 1.45. The zero-order valence-electron chi connectivity index (χ0n) is 14.8. The minimum absolute atomic E-state index is 0.176. The third-order valence-corrected chi connectivity index (χ3v) is 6.02. The summed E-state index contributed by atoms with van der Waals surface area (Å²) < 4.78 is 11.2. The molecule has 5 atom stereocenters. The van der Waals surface area contributed by atoms with Crippen LogP contribution >= 0.6 is 11.3 Å². The number of benzene rings is 1. The highest BCUT2D eigenvalue weighted by Crippen LogP contribution is 2.31. The molecule has 5 unspecified atom stereocenters. The predicted molar refractivity (Wildman–Crippen MR) is 103 cm³/mol. The largest absolute Gasteiger partial charge is 0.487 e. The van der Waals surface area contributed by atoms with Gasteiger partial charge in [0, 0.05) is 28.9 Å². The molecule has 1 aliphatic carbocycles. The number of hydrogen-bond acceptors (Lipinski definition) is 8. The summed E-state index contributed by atoms with van der Waals surface area (Å²) in [4.78, 5) is 13.1. The molecule has 1 fully saturated rings. The van der Waals surface area contributed by atoms with E-state index >= 15 is 0 Å². The van der Waals surface area contributed by atoms with Crippen molar-refractivity contribution in [3.05, 3.63) is 52.2 Å². The van der Waals surface area contributed by atoms with Gasteiger partial charge in [-0.3, -0.25) is 0 Å². The Morgan fingerprint density at radius 3 is 2.64 bits per heavy atom. The Morgan fingerprint density at radius 1 is 1.11 bits per heavy atom. The van der Waals surface area contributed by atoms with E-state index in [1.165, 1.54) is 11.3 Å². The van der Waals surface area contributed by atoms with E-state index in [0.29, 0.717) is 16.9 Å². The van der Waals surface area contributed by atoms with Gasteiger partial charge in [-0.05, 0) is 36.1 Å². The summed E-state index contributed by atoms with van der Waals surface area (Å²) in [5, 5.41) is 42.0. The van der Waals surface area contributed by atoms with Gasteiger partial charge in [0.25, 0.3) is 0 Å². The molecule has 28 heavy (non-hydrogen) atoms. The van der Waals surface area contributed by atoms with Gasteiger partial charge < -0.3 is 29.6 Å². The zero-order valence-corrected chi connectivity index (χ0v) is 15.6. The van der Waals surface area contributed by atoms with Gasteiger partial charge in [0.15, 0.2) is 0 Å². The molecule has 0 spiro atoms. The molecule has 2 aromatic heterocycles. The third-order valence-electron chi connectivity index (χ3n) is 5.11. The first-order chi connectivity index (χ1) is 13.5. The van der Waals surface area contributed by atoms with Gasteiger partial charge in [-0.2, -0.15) is 0 Å². The van der Waals surface area contributed by atoms with Crippen molar-refractivity contribution >= 4 is 22.3 Å². The number of thiophene rings is 1. The lowest BCUT2D eigenvalue weighted by Gasteiger charge is -2.39. The first kappa shape index (κ1) is 19.1. The normalized spacial score (nSPS) is 27.8. The molecule has 148 valence electrons. The molecule has 2 heterocycles. The first-order valence-corrected chi connectivity index (χ1v) is 9.79. The highest BCUT2D eigenvalue weighted by Gasteiger charge is 2.43. The van der Waals surface area contributed by atoms with Gasteiger partial charge in [-0.1, -0.05) is 6.07 Å². The first-order valence-electron chi connectivity index (χ1n) is 8.91. The maximum Gasteiger partial charge on any atom is 0.345 e. The molecule has 0 bridgehead atoms. The molecule has 0 saturated heterocycles. The van der Waals surface area contributed by atoms with Crippen molar-refractivity contribution in [2.75, 3.05) is 6.61 Å². The van der Waals surface area contributed by atoms with Gasteiger partial charge in [0.05, 0.1) is 11.7 Å². The summed E-state index contributed by atoms with van der Waals surface area (Å²) in [5.74, 6) is -0.251. The number of fused-ring (bicyclic) bond motifs is 1. The van der Waals surface area contributed by atoms with Gasteiger partial charge >= 0.3 is 5.63 Å². The van der Waals surface area contributed by atoms with Crippen LogP contribution in [0.1, 0.15) is 6.42 Å². The van der Waals surface area contributed by atoms with Crippen LogP contribution in [0.3, 0.4) is 0 Å². The van der Waals surface area contributed by atoms with Gasteiger partial charge in [-0.25, -0.2) is 4.79 Å². The molecule has 3 aromatic rings. The lowest BCUT2D eigenvalue weighted by atomic mass is 9.81. The van der Waals surface area contributed by atoms with Crippen molar-refractivity contribution in [3.8, 4) is 16.2 Å². The van der Waals surface area contributed by atoms with Crippen LogP contribution in [0.15, 0.2) is 51.0 Å². The molecule has 1 saturated carbocycles. The topological polar surface area (TPSA) is 120 Å². The van der Waals surface area contributed by atoms with E-state index in [2.05, 4.69) is 0 Å². The van der Waals surface area contributed by atoms with Gasteiger partial charge in [0.2, 0.25) is 0 Å². The Kier molecular flexibility index (Phi) is 5.22. The van der Waals surface area contributed by atoms with E-state index < -0.39 is 36.0 Å². The van der Waals surface area contributed by atoms with E-state index in [-0.39, 0.29) is 13.0 Å². The maximum absolute atomic E-state index is 12.3. The highest BCUT2D eigenvalue weighted by atomic mass is 32.1. The highest BCUT2D eigenvalue weighted by molar-refractivity contribution is 7.13. The van der Waals surface area contributed by atoms with Gasteiger partial charge in [0.1, 0.15) is 29.6 Å². The lowest BCUT2D eigenvalue weighted by Crippen LogP contribution is -2.56. The Labute approximate surface area is 164 Å².